The first-order chi connectivity index (χ1) is 25.5. The lowest BCUT2D eigenvalue weighted by atomic mass is 9.94. The number of phenols is 1. The number of carbonyl (C=O) groups is 2. The van der Waals surface area contributed by atoms with E-state index in [-0.39, 0.29) is 24.1 Å². The Labute approximate surface area is 322 Å². The third-order valence-corrected chi connectivity index (χ3v) is 13.1. The van der Waals surface area contributed by atoms with Crippen molar-refractivity contribution in [3.8, 4) is 5.75 Å². The van der Waals surface area contributed by atoms with E-state index in [2.05, 4.69) is 41.0 Å². The zero-order valence-electron chi connectivity index (χ0n) is 31.9. The topological polar surface area (TPSA) is 79.3 Å². The number of aromatic hydroxyl groups is 1. The molecule has 7 nitrogen and oxygen atoms in total. The van der Waals surface area contributed by atoms with Gasteiger partial charge in [0.1, 0.15) is 5.75 Å². The number of likely N-dealkylation sites (tertiary alicyclic amines) is 2. The Morgan fingerprint density at radius 1 is 0.635 bits per heavy atom. The average molecular weight is 755 g/mol. The molecule has 0 saturated carbocycles. The number of ether oxygens (including phenoxy) is 2. The quantitative estimate of drug-likeness (QED) is 0.0607. The van der Waals surface area contributed by atoms with Gasteiger partial charge in [-0.1, -0.05) is 103 Å². The molecule has 9 heteroatoms. The number of hydrogen-bond donors (Lipinski definition) is 1. The van der Waals surface area contributed by atoms with E-state index in [1.54, 1.807) is 24.3 Å². The number of phenolic OH excluding ortho intramolecular Hbond substituents is 1. The van der Waals surface area contributed by atoms with Gasteiger partial charge in [-0.15, -0.1) is 0 Å². The Morgan fingerprint density at radius 3 is 1.54 bits per heavy atom. The number of esters is 2. The minimum absolute atomic E-state index is 0.102. The lowest BCUT2D eigenvalue weighted by molar-refractivity contribution is -0.144. The Kier molecular flexibility index (Phi) is 21.1. The van der Waals surface area contributed by atoms with Crippen molar-refractivity contribution in [3.63, 3.8) is 0 Å². The number of rotatable bonds is 25. The number of aryl methyl sites for hydroxylation is 1. The van der Waals surface area contributed by atoms with Crippen molar-refractivity contribution >= 4 is 33.5 Å². The molecule has 2 aliphatic heterocycles. The lowest BCUT2D eigenvalue weighted by Gasteiger charge is -2.32. The van der Waals surface area contributed by atoms with Crippen LogP contribution in [0.2, 0.25) is 0 Å². The van der Waals surface area contributed by atoms with Gasteiger partial charge in [0.2, 0.25) is 0 Å². The summed E-state index contributed by atoms with van der Waals surface area (Å²) in [6, 6.07) is 15.3. The van der Waals surface area contributed by atoms with Gasteiger partial charge in [-0.25, -0.2) is 0 Å². The van der Waals surface area contributed by atoms with Gasteiger partial charge in [0.05, 0.1) is 26.1 Å². The molecule has 0 amide bonds. The van der Waals surface area contributed by atoms with Crippen LogP contribution in [0.4, 0.5) is 0 Å². The van der Waals surface area contributed by atoms with Crippen LogP contribution in [-0.4, -0.2) is 90.8 Å². The second-order valence-electron chi connectivity index (χ2n) is 14.9. The summed E-state index contributed by atoms with van der Waals surface area (Å²) in [5.74, 6) is 3.54. The molecule has 290 valence electrons. The normalized spacial score (nSPS) is 16.2. The predicted molar refractivity (Wildman–Crippen MR) is 218 cm³/mol. The van der Waals surface area contributed by atoms with Crippen molar-refractivity contribution in [3.05, 3.63) is 65.2 Å². The molecule has 1 N–H and O–H groups in total. The monoisotopic (exact) mass is 754 g/mol. The summed E-state index contributed by atoms with van der Waals surface area (Å²) < 4.78 is 11.1. The molecule has 2 aliphatic rings. The van der Waals surface area contributed by atoms with Crippen LogP contribution in [-0.2, 0) is 38.3 Å². The fourth-order valence-electron chi connectivity index (χ4n) is 7.29. The minimum atomic E-state index is -0.196. The summed E-state index contributed by atoms with van der Waals surface area (Å²) in [7, 11) is 4.01. The molecule has 2 aromatic rings. The highest BCUT2D eigenvalue weighted by Crippen LogP contribution is 2.26. The maximum Gasteiger partial charge on any atom is 0.310 e. The summed E-state index contributed by atoms with van der Waals surface area (Å²) in [5.41, 5.74) is 3.29. The maximum atomic E-state index is 12.5. The SMILES string of the molecule is CCCCCCCCCc1ccc(CC(=O)OCCC2CCN(CCSSCCN3CCC(CCOC(=O)Cc4ccc(O)cc4)CC3)CC2)cc1. The highest BCUT2D eigenvalue weighted by Gasteiger charge is 2.21. The average Bonchev–Trinajstić information content (AvgIpc) is 3.15. The Morgan fingerprint density at radius 2 is 1.06 bits per heavy atom. The standard InChI is InChI=1S/C43H66N2O5S2/c1-2-3-4-5-6-7-8-9-36-10-12-39(13-11-36)34-42(47)49-30-22-37-18-24-44(25-19-37)28-32-51-52-33-29-45-26-20-38(21-27-45)23-31-50-43(48)35-40-14-16-41(46)17-15-40/h10-17,37-38,46H,2-9,18-35H2,1H3. The molecule has 0 unspecified atom stereocenters. The van der Waals surface area contributed by atoms with Crippen LogP contribution in [0, 0.1) is 11.8 Å². The van der Waals surface area contributed by atoms with Gasteiger partial charge >= 0.3 is 11.9 Å². The zero-order valence-corrected chi connectivity index (χ0v) is 33.6. The van der Waals surface area contributed by atoms with E-state index >= 15 is 0 Å². The van der Waals surface area contributed by atoms with Gasteiger partial charge in [-0.2, -0.15) is 0 Å². The molecule has 0 atom stereocenters. The lowest BCUT2D eigenvalue weighted by Crippen LogP contribution is -2.36. The van der Waals surface area contributed by atoms with E-state index < -0.39 is 0 Å². The van der Waals surface area contributed by atoms with E-state index in [1.165, 1.54) is 81.9 Å². The van der Waals surface area contributed by atoms with E-state index in [4.69, 9.17) is 9.47 Å². The van der Waals surface area contributed by atoms with Gasteiger partial charge < -0.3 is 24.4 Å². The van der Waals surface area contributed by atoms with Crippen molar-refractivity contribution in [2.24, 2.45) is 11.8 Å². The first kappa shape index (κ1) is 42.5. The molecule has 2 fully saturated rings. The molecule has 52 heavy (non-hydrogen) atoms. The smallest absolute Gasteiger partial charge is 0.310 e. The zero-order chi connectivity index (χ0) is 36.6. The van der Waals surface area contributed by atoms with Crippen LogP contribution in [0.1, 0.15) is 107 Å². The van der Waals surface area contributed by atoms with Crippen molar-refractivity contribution in [1.29, 1.82) is 0 Å². The highest BCUT2D eigenvalue weighted by molar-refractivity contribution is 8.76. The van der Waals surface area contributed by atoms with Crippen molar-refractivity contribution in [2.45, 2.75) is 110 Å². The van der Waals surface area contributed by atoms with Gasteiger partial charge in [0.15, 0.2) is 0 Å². The Hall–Kier alpha value is -2.20. The molecule has 0 spiro atoms. The molecule has 2 aromatic carbocycles. The Balaban J connectivity index is 0.919. The largest absolute Gasteiger partial charge is 0.508 e. The van der Waals surface area contributed by atoms with E-state index in [0.29, 0.717) is 31.5 Å². The molecule has 0 aromatic heterocycles. The molecule has 0 aliphatic carbocycles. The molecule has 4 rings (SSSR count). The first-order valence-corrected chi connectivity index (χ1v) is 22.8. The summed E-state index contributed by atoms with van der Waals surface area (Å²) in [6.07, 6.45) is 17.8. The van der Waals surface area contributed by atoms with Crippen LogP contribution in [0.25, 0.3) is 0 Å². The van der Waals surface area contributed by atoms with Crippen molar-refractivity contribution < 1.29 is 24.2 Å². The fourth-order valence-corrected chi connectivity index (χ4v) is 9.34. The summed E-state index contributed by atoms with van der Waals surface area (Å²) in [6.45, 7) is 10.2. The second-order valence-corrected chi connectivity index (χ2v) is 17.6. The molecule has 0 bridgehead atoms. The van der Waals surface area contributed by atoms with Crippen LogP contribution in [0.3, 0.4) is 0 Å². The summed E-state index contributed by atoms with van der Waals surface area (Å²) in [5, 5.41) is 9.38. The van der Waals surface area contributed by atoms with Crippen molar-refractivity contribution in [1.82, 2.24) is 9.80 Å². The predicted octanol–water partition coefficient (Wildman–Crippen LogP) is 9.14. The fraction of sp³-hybridized carbons (Fsp3) is 0.674. The number of benzene rings is 2. The van der Waals surface area contributed by atoms with Gasteiger partial charge in [0, 0.05) is 24.6 Å². The number of piperidine rings is 2. The first-order valence-electron chi connectivity index (χ1n) is 20.3. The van der Waals surface area contributed by atoms with Crippen LogP contribution >= 0.6 is 21.6 Å². The highest BCUT2D eigenvalue weighted by atomic mass is 33.1. The third-order valence-electron chi connectivity index (χ3n) is 10.8. The van der Waals surface area contributed by atoms with Crippen LogP contribution < -0.4 is 0 Å². The molecule has 2 heterocycles. The third kappa shape index (κ3) is 18.2. The number of unbranched alkanes of at least 4 members (excludes halogenated alkanes) is 6. The molecular formula is C43H66N2O5S2. The van der Waals surface area contributed by atoms with E-state index in [0.717, 1.165) is 75.4 Å². The van der Waals surface area contributed by atoms with Crippen LogP contribution in [0.5, 0.6) is 5.75 Å². The molecule has 2 saturated heterocycles. The van der Waals surface area contributed by atoms with E-state index in [9.17, 15) is 14.7 Å². The van der Waals surface area contributed by atoms with Crippen LogP contribution in [0.15, 0.2) is 48.5 Å². The van der Waals surface area contributed by atoms with Gasteiger partial charge in [-0.3, -0.25) is 9.59 Å². The number of nitrogens with zero attached hydrogens (tertiary/aromatic N) is 2. The molecular weight excluding hydrogens is 689 g/mol. The van der Waals surface area contributed by atoms with Gasteiger partial charge in [0.25, 0.3) is 0 Å². The summed E-state index contributed by atoms with van der Waals surface area (Å²) in [4.78, 5) is 29.8. The van der Waals surface area contributed by atoms with Gasteiger partial charge in [-0.05, 0) is 118 Å². The van der Waals surface area contributed by atoms with E-state index in [1.807, 2.05) is 21.6 Å². The Bertz CT molecular complexity index is 1250. The number of carbonyl (C=O) groups excluding carboxylic acids is 2. The maximum absolute atomic E-state index is 12.5. The second kappa shape index (κ2) is 25.8. The number of hydrogen-bond acceptors (Lipinski definition) is 9. The molecule has 0 radical (unpaired) electrons. The summed E-state index contributed by atoms with van der Waals surface area (Å²) >= 11 is 0. The van der Waals surface area contributed by atoms with Crippen molar-refractivity contribution in [2.75, 3.05) is 64.0 Å². The minimum Gasteiger partial charge on any atom is -0.508 e.